The maximum absolute atomic E-state index is 12.8. The second-order valence-electron chi connectivity index (χ2n) is 5.83. The Morgan fingerprint density at radius 3 is 2.30 bits per heavy atom. The maximum atomic E-state index is 12.8. The minimum atomic E-state index is -0.578. The Labute approximate surface area is 121 Å². The minimum absolute atomic E-state index is 0.106. The summed E-state index contributed by atoms with van der Waals surface area (Å²) in [5.41, 5.74) is 6.81. The van der Waals surface area contributed by atoms with Gasteiger partial charge in [0.1, 0.15) is 0 Å². The molecule has 0 atom stereocenters. The van der Waals surface area contributed by atoms with Crippen LogP contribution in [0.2, 0.25) is 0 Å². The fraction of sp³-hybridized carbons (Fsp3) is 0.562. The zero-order valence-corrected chi connectivity index (χ0v) is 13.1. The van der Waals surface area contributed by atoms with Crippen molar-refractivity contribution in [3.8, 4) is 0 Å². The van der Waals surface area contributed by atoms with Crippen LogP contribution in [0.3, 0.4) is 0 Å². The molecule has 0 unspecified atom stereocenters. The molecule has 0 heterocycles. The number of amides is 1. The van der Waals surface area contributed by atoms with Crippen molar-refractivity contribution in [3.63, 3.8) is 0 Å². The van der Waals surface area contributed by atoms with Crippen molar-refractivity contribution in [2.45, 2.75) is 39.2 Å². The summed E-state index contributed by atoms with van der Waals surface area (Å²) in [7, 11) is 1.65. The van der Waals surface area contributed by atoms with E-state index < -0.39 is 5.41 Å². The number of nitrogens with two attached hydrogens (primary N) is 1. The largest absolute Gasteiger partial charge is 0.399 e. The van der Waals surface area contributed by atoms with Gasteiger partial charge in [-0.2, -0.15) is 0 Å². The van der Waals surface area contributed by atoms with Gasteiger partial charge in [0, 0.05) is 25.4 Å². The van der Waals surface area contributed by atoms with Crippen molar-refractivity contribution in [2.24, 2.45) is 0 Å². The number of benzene rings is 1. The molecule has 0 spiro atoms. The summed E-state index contributed by atoms with van der Waals surface area (Å²) in [6.07, 6.45) is 0. The van der Waals surface area contributed by atoms with Gasteiger partial charge < -0.3 is 15.4 Å². The number of methoxy groups -OCH3 is 1. The highest BCUT2D eigenvalue weighted by Gasteiger charge is 2.34. The van der Waals surface area contributed by atoms with Crippen LogP contribution in [0, 0.1) is 0 Å². The summed E-state index contributed by atoms with van der Waals surface area (Å²) in [5.74, 6) is 0.106. The zero-order valence-electron chi connectivity index (χ0n) is 13.1. The second-order valence-corrected chi connectivity index (χ2v) is 5.83. The molecule has 0 aliphatic heterocycles. The molecule has 1 amide bonds. The number of ether oxygens (including phenoxy) is 1. The first-order chi connectivity index (χ1) is 9.30. The lowest BCUT2D eigenvalue weighted by molar-refractivity contribution is -0.138. The fourth-order valence-corrected chi connectivity index (χ4v) is 2.17. The third kappa shape index (κ3) is 3.73. The van der Waals surface area contributed by atoms with Gasteiger partial charge in [0.2, 0.25) is 5.91 Å². The van der Waals surface area contributed by atoms with Crippen molar-refractivity contribution < 1.29 is 9.53 Å². The van der Waals surface area contributed by atoms with Crippen molar-refractivity contribution in [2.75, 3.05) is 26.0 Å². The van der Waals surface area contributed by atoms with Crippen LogP contribution in [0.4, 0.5) is 5.69 Å². The minimum Gasteiger partial charge on any atom is -0.399 e. The Balaban J connectivity index is 2.98. The lowest BCUT2D eigenvalue weighted by atomic mass is 9.82. The normalized spacial score (nSPS) is 11.7. The van der Waals surface area contributed by atoms with Crippen LogP contribution in [-0.4, -0.2) is 37.1 Å². The summed E-state index contributed by atoms with van der Waals surface area (Å²) in [6.45, 7) is 9.08. The zero-order chi connectivity index (χ0) is 15.3. The lowest BCUT2D eigenvalue weighted by Crippen LogP contribution is -2.48. The predicted molar refractivity (Wildman–Crippen MR) is 82.6 cm³/mol. The van der Waals surface area contributed by atoms with E-state index in [2.05, 4.69) is 0 Å². The van der Waals surface area contributed by atoms with Gasteiger partial charge in [-0.15, -0.1) is 0 Å². The van der Waals surface area contributed by atoms with Gasteiger partial charge in [-0.1, -0.05) is 12.1 Å². The van der Waals surface area contributed by atoms with Gasteiger partial charge in [-0.05, 0) is 45.4 Å². The highest BCUT2D eigenvalue weighted by molar-refractivity contribution is 5.87. The van der Waals surface area contributed by atoms with Crippen molar-refractivity contribution in [1.82, 2.24) is 4.90 Å². The van der Waals surface area contributed by atoms with E-state index in [0.29, 0.717) is 18.8 Å². The number of nitrogen functional groups attached to an aromatic ring is 1. The summed E-state index contributed by atoms with van der Waals surface area (Å²) >= 11 is 0. The molecule has 0 bridgehead atoms. The van der Waals surface area contributed by atoms with E-state index in [1.54, 1.807) is 7.11 Å². The molecular formula is C16H26N2O2. The highest BCUT2D eigenvalue weighted by Crippen LogP contribution is 2.27. The number of rotatable bonds is 6. The maximum Gasteiger partial charge on any atom is 0.232 e. The number of anilines is 1. The quantitative estimate of drug-likeness (QED) is 0.813. The molecule has 1 aromatic carbocycles. The Hall–Kier alpha value is -1.55. The molecule has 4 nitrogen and oxygen atoms in total. The third-order valence-corrected chi connectivity index (χ3v) is 3.59. The van der Waals surface area contributed by atoms with E-state index in [1.807, 2.05) is 56.9 Å². The van der Waals surface area contributed by atoms with Crippen LogP contribution >= 0.6 is 0 Å². The summed E-state index contributed by atoms with van der Waals surface area (Å²) in [6, 6.07) is 7.65. The van der Waals surface area contributed by atoms with Gasteiger partial charge in [0.25, 0.3) is 0 Å². The molecule has 0 saturated heterocycles. The standard InChI is InChI=1S/C16H26N2O2/c1-12(2)18(10-11-20-5)15(19)16(3,4)13-6-8-14(17)9-7-13/h6-9,12H,10-11,17H2,1-5H3. The predicted octanol–water partition coefficient (Wildman–Crippen LogP) is 2.43. The molecule has 0 aliphatic rings. The van der Waals surface area contributed by atoms with E-state index in [-0.39, 0.29) is 11.9 Å². The van der Waals surface area contributed by atoms with E-state index >= 15 is 0 Å². The van der Waals surface area contributed by atoms with Crippen LogP contribution in [0.15, 0.2) is 24.3 Å². The molecule has 0 aromatic heterocycles. The molecular weight excluding hydrogens is 252 g/mol. The monoisotopic (exact) mass is 278 g/mol. The summed E-state index contributed by atoms with van der Waals surface area (Å²) in [5, 5.41) is 0. The van der Waals surface area contributed by atoms with Gasteiger partial charge in [0.15, 0.2) is 0 Å². The van der Waals surface area contributed by atoms with Crippen LogP contribution in [0.25, 0.3) is 0 Å². The van der Waals surface area contributed by atoms with E-state index in [0.717, 1.165) is 5.56 Å². The first-order valence-corrected chi connectivity index (χ1v) is 6.96. The number of hydrogen-bond donors (Lipinski definition) is 1. The number of carbonyl (C=O) groups excluding carboxylic acids is 1. The molecule has 1 aromatic rings. The first-order valence-electron chi connectivity index (χ1n) is 6.96. The summed E-state index contributed by atoms with van der Waals surface area (Å²) in [4.78, 5) is 14.7. The topological polar surface area (TPSA) is 55.6 Å². The van der Waals surface area contributed by atoms with Crippen molar-refractivity contribution in [3.05, 3.63) is 29.8 Å². The van der Waals surface area contributed by atoms with Gasteiger partial charge >= 0.3 is 0 Å². The summed E-state index contributed by atoms with van der Waals surface area (Å²) < 4.78 is 5.10. The molecule has 2 N–H and O–H groups in total. The molecule has 112 valence electrons. The Morgan fingerprint density at radius 2 is 1.85 bits per heavy atom. The molecule has 0 aliphatic carbocycles. The Bertz CT molecular complexity index is 438. The fourth-order valence-electron chi connectivity index (χ4n) is 2.17. The third-order valence-electron chi connectivity index (χ3n) is 3.59. The second kappa shape index (κ2) is 6.75. The Morgan fingerprint density at radius 1 is 1.30 bits per heavy atom. The van der Waals surface area contributed by atoms with Crippen molar-refractivity contribution in [1.29, 1.82) is 0 Å². The van der Waals surface area contributed by atoms with E-state index in [9.17, 15) is 4.79 Å². The molecule has 0 saturated carbocycles. The molecule has 1 rings (SSSR count). The first kappa shape index (κ1) is 16.5. The van der Waals surface area contributed by atoms with E-state index in [1.165, 1.54) is 0 Å². The van der Waals surface area contributed by atoms with Gasteiger partial charge in [-0.3, -0.25) is 4.79 Å². The smallest absolute Gasteiger partial charge is 0.232 e. The van der Waals surface area contributed by atoms with E-state index in [4.69, 9.17) is 10.5 Å². The molecule has 4 heteroatoms. The number of carbonyl (C=O) groups is 1. The van der Waals surface area contributed by atoms with Crippen LogP contribution in [0.5, 0.6) is 0 Å². The van der Waals surface area contributed by atoms with Gasteiger partial charge in [0.05, 0.1) is 12.0 Å². The van der Waals surface area contributed by atoms with Crippen LogP contribution < -0.4 is 5.73 Å². The highest BCUT2D eigenvalue weighted by atomic mass is 16.5. The number of hydrogen-bond acceptors (Lipinski definition) is 3. The van der Waals surface area contributed by atoms with Crippen molar-refractivity contribution >= 4 is 11.6 Å². The van der Waals surface area contributed by atoms with Crippen LogP contribution in [0.1, 0.15) is 33.3 Å². The number of nitrogens with zero attached hydrogens (tertiary/aromatic N) is 1. The molecule has 0 fully saturated rings. The van der Waals surface area contributed by atoms with Gasteiger partial charge in [-0.25, -0.2) is 0 Å². The molecule has 20 heavy (non-hydrogen) atoms. The van der Waals surface area contributed by atoms with Crippen LogP contribution in [-0.2, 0) is 14.9 Å². The SMILES string of the molecule is COCCN(C(=O)C(C)(C)c1ccc(N)cc1)C(C)C. The molecule has 0 radical (unpaired) electrons. The Kier molecular flexibility index (Phi) is 5.57. The average Bonchev–Trinajstić information content (AvgIpc) is 2.39. The average molecular weight is 278 g/mol. The lowest BCUT2D eigenvalue weighted by Gasteiger charge is -2.35.